The Labute approximate surface area is 108 Å². The highest BCUT2D eigenvalue weighted by Crippen LogP contribution is 2.23. The number of nitrogens with one attached hydrogen (secondary N) is 1. The van der Waals surface area contributed by atoms with E-state index in [-0.39, 0.29) is 6.10 Å². The van der Waals surface area contributed by atoms with Gasteiger partial charge < -0.3 is 4.74 Å². The summed E-state index contributed by atoms with van der Waals surface area (Å²) in [5, 5.41) is 0. The summed E-state index contributed by atoms with van der Waals surface area (Å²) in [4.78, 5) is 4.33. The van der Waals surface area contributed by atoms with Gasteiger partial charge in [-0.3, -0.25) is 10.1 Å². The molecule has 4 nitrogen and oxygen atoms in total. The second-order valence-electron chi connectivity index (χ2n) is 4.58. The van der Waals surface area contributed by atoms with Crippen LogP contribution in [0.3, 0.4) is 0 Å². The molecule has 0 spiro atoms. The number of aryl methyl sites for hydroxylation is 2. The second kappa shape index (κ2) is 5.12. The fraction of sp³-hybridized carbons (Fsp3) is 0.357. The average Bonchev–Trinajstić information content (AvgIpc) is 2.62. The van der Waals surface area contributed by atoms with E-state index < -0.39 is 0 Å². The first-order valence-corrected chi connectivity index (χ1v) is 6.11. The van der Waals surface area contributed by atoms with Crippen LogP contribution >= 0.6 is 0 Å². The lowest BCUT2D eigenvalue weighted by Gasteiger charge is -2.16. The van der Waals surface area contributed by atoms with Gasteiger partial charge in [-0.2, -0.15) is 0 Å². The van der Waals surface area contributed by atoms with Crippen LogP contribution in [0.25, 0.3) is 0 Å². The lowest BCUT2D eigenvalue weighted by Crippen LogP contribution is -2.15. The molecule has 0 radical (unpaired) electrons. The minimum atomic E-state index is 0.126. The van der Waals surface area contributed by atoms with Crippen LogP contribution in [-0.4, -0.2) is 15.8 Å². The Morgan fingerprint density at radius 3 is 2.44 bits per heavy atom. The van der Waals surface area contributed by atoms with E-state index >= 15 is 0 Å². The number of pyridine rings is 1. The molecule has 0 saturated carbocycles. The van der Waals surface area contributed by atoms with E-state index in [0.29, 0.717) is 0 Å². The fourth-order valence-corrected chi connectivity index (χ4v) is 1.77. The van der Waals surface area contributed by atoms with Gasteiger partial charge in [-0.1, -0.05) is 0 Å². The Balaban J connectivity index is 2.29. The molecule has 0 unspecified atom stereocenters. The maximum Gasteiger partial charge on any atom is 0.188 e. The highest BCUT2D eigenvalue weighted by molar-refractivity contribution is 5.50. The zero-order valence-electron chi connectivity index (χ0n) is 11.3. The standard InChI is InChI=1S/C14H19N3O/c1-10(2)18-13-6-5-9-15-14(13)16-17-11(3)7-8-12(17)4/h5-10H,1-4H3,(H,15,16). The van der Waals surface area contributed by atoms with Crippen LogP contribution in [0, 0.1) is 13.8 Å². The third kappa shape index (κ3) is 2.64. The zero-order valence-corrected chi connectivity index (χ0v) is 11.3. The Kier molecular flexibility index (Phi) is 3.55. The topological polar surface area (TPSA) is 39.1 Å². The molecule has 0 atom stereocenters. The maximum atomic E-state index is 5.74. The summed E-state index contributed by atoms with van der Waals surface area (Å²) in [5.41, 5.74) is 5.54. The Morgan fingerprint density at radius 1 is 1.17 bits per heavy atom. The SMILES string of the molecule is Cc1ccc(C)n1Nc1ncccc1OC(C)C. The molecule has 0 aromatic carbocycles. The van der Waals surface area contributed by atoms with Gasteiger partial charge in [0, 0.05) is 17.6 Å². The molecule has 0 amide bonds. The molecule has 2 rings (SSSR count). The van der Waals surface area contributed by atoms with Crippen molar-refractivity contribution in [3.8, 4) is 5.75 Å². The summed E-state index contributed by atoms with van der Waals surface area (Å²) in [6.07, 6.45) is 1.88. The summed E-state index contributed by atoms with van der Waals surface area (Å²) in [6.45, 7) is 8.10. The Morgan fingerprint density at radius 2 is 1.83 bits per heavy atom. The molecular formula is C14H19N3O. The summed E-state index contributed by atoms with van der Waals surface area (Å²) in [7, 11) is 0. The second-order valence-corrected chi connectivity index (χ2v) is 4.58. The van der Waals surface area contributed by atoms with E-state index in [4.69, 9.17) is 4.74 Å². The van der Waals surface area contributed by atoms with Crippen LogP contribution in [0.1, 0.15) is 25.2 Å². The summed E-state index contributed by atoms with van der Waals surface area (Å²) < 4.78 is 7.73. The number of anilines is 1. The van der Waals surface area contributed by atoms with Gasteiger partial charge in [-0.25, -0.2) is 4.98 Å². The first-order chi connectivity index (χ1) is 8.58. The molecule has 2 heterocycles. The van der Waals surface area contributed by atoms with Crippen molar-refractivity contribution in [1.82, 2.24) is 9.66 Å². The molecule has 0 aliphatic carbocycles. The number of ether oxygens (including phenoxy) is 1. The van der Waals surface area contributed by atoms with Crippen molar-refractivity contribution in [3.63, 3.8) is 0 Å². The van der Waals surface area contributed by atoms with Crippen LogP contribution in [0.2, 0.25) is 0 Å². The molecule has 2 aromatic heterocycles. The highest BCUT2D eigenvalue weighted by Gasteiger charge is 2.08. The Hall–Kier alpha value is -1.97. The molecule has 0 aliphatic heterocycles. The van der Waals surface area contributed by atoms with Crippen molar-refractivity contribution in [3.05, 3.63) is 41.9 Å². The molecule has 0 saturated heterocycles. The molecular weight excluding hydrogens is 226 g/mol. The summed E-state index contributed by atoms with van der Waals surface area (Å²) in [5.74, 6) is 1.49. The lowest BCUT2D eigenvalue weighted by molar-refractivity contribution is 0.242. The normalized spacial score (nSPS) is 10.7. The number of hydrogen-bond donors (Lipinski definition) is 1. The predicted molar refractivity (Wildman–Crippen MR) is 72.9 cm³/mol. The molecule has 96 valence electrons. The van der Waals surface area contributed by atoms with E-state index in [0.717, 1.165) is 23.0 Å². The molecule has 0 bridgehead atoms. The van der Waals surface area contributed by atoms with Crippen molar-refractivity contribution in [2.45, 2.75) is 33.8 Å². The minimum Gasteiger partial charge on any atom is -0.487 e. The number of hydrogen-bond acceptors (Lipinski definition) is 3. The molecule has 18 heavy (non-hydrogen) atoms. The van der Waals surface area contributed by atoms with Crippen molar-refractivity contribution in [2.24, 2.45) is 0 Å². The van der Waals surface area contributed by atoms with E-state index in [9.17, 15) is 0 Å². The van der Waals surface area contributed by atoms with Gasteiger partial charge in [-0.15, -0.1) is 0 Å². The van der Waals surface area contributed by atoms with E-state index in [2.05, 4.69) is 22.5 Å². The van der Waals surface area contributed by atoms with Crippen LogP contribution in [-0.2, 0) is 0 Å². The fourth-order valence-electron chi connectivity index (χ4n) is 1.77. The molecule has 0 aliphatic rings. The monoisotopic (exact) mass is 245 g/mol. The van der Waals surface area contributed by atoms with E-state index in [1.165, 1.54) is 0 Å². The average molecular weight is 245 g/mol. The predicted octanol–water partition coefficient (Wildman–Crippen LogP) is 3.16. The molecule has 0 fully saturated rings. The van der Waals surface area contributed by atoms with Gasteiger partial charge in [0.05, 0.1) is 6.10 Å². The van der Waals surface area contributed by atoms with Gasteiger partial charge in [0.2, 0.25) is 0 Å². The van der Waals surface area contributed by atoms with E-state index in [1.807, 2.05) is 44.5 Å². The number of aromatic nitrogens is 2. The van der Waals surface area contributed by atoms with Crippen LogP contribution in [0.15, 0.2) is 30.5 Å². The Bertz CT molecular complexity index is 512. The van der Waals surface area contributed by atoms with Gasteiger partial charge in [-0.05, 0) is 52.0 Å². The van der Waals surface area contributed by atoms with Gasteiger partial charge in [0.1, 0.15) is 0 Å². The van der Waals surface area contributed by atoms with Gasteiger partial charge in [0.25, 0.3) is 0 Å². The lowest BCUT2D eigenvalue weighted by atomic mass is 10.4. The molecule has 1 N–H and O–H groups in total. The first-order valence-electron chi connectivity index (χ1n) is 6.11. The number of rotatable bonds is 4. The van der Waals surface area contributed by atoms with Crippen LogP contribution in [0.5, 0.6) is 5.75 Å². The third-order valence-corrected chi connectivity index (χ3v) is 2.62. The van der Waals surface area contributed by atoms with Crippen LogP contribution in [0.4, 0.5) is 5.82 Å². The molecule has 2 aromatic rings. The third-order valence-electron chi connectivity index (χ3n) is 2.62. The smallest absolute Gasteiger partial charge is 0.188 e. The zero-order chi connectivity index (χ0) is 13.1. The number of nitrogens with zero attached hydrogens (tertiary/aromatic N) is 2. The quantitative estimate of drug-likeness (QED) is 0.899. The van der Waals surface area contributed by atoms with Crippen molar-refractivity contribution in [2.75, 3.05) is 5.43 Å². The summed E-state index contributed by atoms with van der Waals surface area (Å²) in [6, 6.07) is 7.92. The first kappa shape index (κ1) is 12.5. The van der Waals surface area contributed by atoms with Crippen molar-refractivity contribution >= 4 is 5.82 Å². The van der Waals surface area contributed by atoms with Crippen molar-refractivity contribution in [1.29, 1.82) is 0 Å². The maximum absolute atomic E-state index is 5.74. The minimum absolute atomic E-state index is 0.126. The highest BCUT2D eigenvalue weighted by atomic mass is 16.5. The van der Waals surface area contributed by atoms with Gasteiger partial charge >= 0.3 is 0 Å². The largest absolute Gasteiger partial charge is 0.487 e. The summed E-state index contributed by atoms with van der Waals surface area (Å²) >= 11 is 0. The van der Waals surface area contributed by atoms with E-state index in [1.54, 1.807) is 6.20 Å². The van der Waals surface area contributed by atoms with Crippen LogP contribution < -0.4 is 10.2 Å². The molecule has 4 heteroatoms. The van der Waals surface area contributed by atoms with Crippen molar-refractivity contribution < 1.29 is 4.74 Å². The van der Waals surface area contributed by atoms with Gasteiger partial charge in [0.15, 0.2) is 11.6 Å².